The molecule has 3 fully saturated rings. The van der Waals surface area contributed by atoms with Crippen molar-refractivity contribution in [1.29, 1.82) is 0 Å². The van der Waals surface area contributed by atoms with Crippen molar-refractivity contribution in [3.05, 3.63) is 65.5 Å². The predicted octanol–water partition coefficient (Wildman–Crippen LogP) is 8.87. The number of halogens is 4. The first kappa shape index (κ1) is 35.0. The molecule has 2 aromatic rings. The molecule has 1 atom stereocenters. The van der Waals surface area contributed by atoms with Gasteiger partial charge < -0.3 is 0 Å². The lowest BCUT2D eigenvalue weighted by molar-refractivity contribution is -0.137. The van der Waals surface area contributed by atoms with Crippen LogP contribution in [0.25, 0.3) is 0 Å². The zero-order valence-electron chi connectivity index (χ0n) is 26.7. The summed E-state index contributed by atoms with van der Waals surface area (Å²) in [6.45, 7) is 2.27. The number of carbonyl (C=O) groups is 1. The Morgan fingerprint density at radius 2 is 1.41 bits per heavy atom. The third-order valence-electron chi connectivity index (χ3n) is 10.6. The van der Waals surface area contributed by atoms with Gasteiger partial charge in [0.15, 0.2) is 0 Å². The molecule has 3 aliphatic rings. The average Bonchev–Trinajstić information content (AvgIpc) is 3.57. The zero-order chi connectivity index (χ0) is 32.8. The van der Waals surface area contributed by atoms with Crippen LogP contribution in [0, 0.1) is 11.7 Å². The van der Waals surface area contributed by atoms with Crippen LogP contribution in [0.2, 0.25) is 0 Å². The van der Waals surface area contributed by atoms with Gasteiger partial charge in [-0.05, 0) is 100 Å². The molecule has 1 unspecified atom stereocenters. The first-order valence-electron chi connectivity index (χ1n) is 17.2. The van der Waals surface area contributed by atoms with Crippen molar-refractivity contribution in [3.8, 4) is 0 Å². The Morgan fingerprint density at radius 3 is 2.07 bits per heavy atom. The van der Waals surface area contributed by atoms with Gasteiger partial charge in [-0.2, -0.15) is 17.5 Å². The molecule has 0 amide bonds. The van der Waals surface area contributed by atoms with Gasteiger partial charge in [0, 0.05) is 30.5 Å². The normalized spacial score (nSPS) is 26.7. The quantitative estimate of drug-likeness (QED) is 0.278. The highest BCUT2D eigenvalue weighted by Gasteiger charge is 2.40. The molecule has 1 saturated carbocycles. The van der Waals surface area contributed by atoms with Gasteiger partial charge in [0.05, 0.1) is 10.5 Å². The van der Waals surface area contributed by atoms with E-state index in [4.69, 9.17) is 0 Å². The maximum absolute atomic E-state index is 14.4. The number of alkyl halides is 3. The van der Waals surface area contributed by atoms with Gasteiger partial charge in [-0.3, -0.25) is 9.69 Å². The molecule has 254 valence electrons. The minimum atomic E-state index is -4.65. The van der Waals surface area contributed by atoms with E-state index < -0.39 is 27.8 Å². The number of Topliss-reactive ketones (excluding diaryl/α,β-unsaturated/α-hetero) is 1. The number of carbonyl (C=O) groups excluding carboxylic acids is 1. The second kappa shape index (κ2) is 15.3. The second-order valence-electron chi connectivity index (χ2n) is 13.6. The molecule has 0 spiro atoms. The number of hydrogen-bond donors (Lipinski definition) is 0. The highest BCUT2D eigenvalue weighted by Crippen LogP contribution is 2.42. The number of benzene rings is 2. The number of nitrogens with zero attached hydrogens (tertiary/aromatic N) is 2. The maximum atomic E-state index is 14.4. The minimum absolute atomic E-state index is 0.0689. The largest absolute Gasteiger partial charge is 0.416 e. The number of hydrogen-bond acceptors (Lipinski definition) is 4. The molecule has 10 heteroatoms. The second-order valence-corrected chi connectivity index (χ2v) is 15.5. The lowest BCUT2D eigenvalue weighted by Crippen LogP contribution is -2.45. The molecule has 46 heavy (non-hydrogen) atoms. The van der Waals surface area contributed by atoms with Crippen LogP contribution in [0.3, 0.4) is 0 Å². The fourth-order valence-electron chi connectivity index (χ4n) is 8.13. The van der Waals surface area contributed by atoms with Crippen LogP contribution in [0.1, 0.15) is 114 Å². The summed E-state index contributed by atoms with van der Waals surface area (Å²) in [5.74, 6) is -0.270. The number of ketones is 1. The Hall–Kier alpha value is -2.30. The topological polar surface area (TPSA) is 57.7 Å². The summed E-state index contributed by atoms with van der Waals surface area (Å²) in [5.41, 5.74) is -0.0839. The van der Waals surface area contributed by atoms with Crippen LogP contribution in [0.15, 0.2) is 53.4 Å². The van der Waals surface area contributed by atoms with Crippen LogP contribution in [-0.2, 0) is 26.5 Å². The molecule has 2 aromatic carbocycles. The molecule has 0 bridgehead atoms. The molecule has 5 rings (SSSR count). The Bertz CT molecular complexity index is 1410. The third kappa shape index (κ3) is 8.21. The molecule has 0 radical (unpaired) electrons. The van der Waals surface area contributed by atoms with Crippen LogP contribution in [0.5, 0.6) is 0 Å². The van der Waals surface area contributed by atoms with Crippen LogP contribution in [0.4, 0.5) is 17.6 Å². The van der Waals surface area contributed by atoms with Gasteiger partial charge in [-0.25, -0.2) is 12.8 Å². The molecule has 5 nitrogen and oxygen atoms in total. The predicted molar refractivity (Wildman–Crippen MR) is 171 cm³/mol. The summed E-state index contributed by atoms with van der Waals surface area (Å²) < 4.78 is 82.9. The van der Waals surface area contributed by atoms with Gasteiger partial charge >= 0.3 is 6.18 Å². The van der Waals surface area contributed by atoms with Crippen LogP contribution in [-0.4, -0.2) is 49.1 Å². The Balaban J connectivity index is 1.25. The smallest absolute Gasteiger partial charge is 0.299 e. The van der Waals surface area contributed by atoms with Crippen LogP contribution >= 0.6 is 0 Å². The van der Waals surface area contributed by atoms with E-state index in [-0.39, 0.29) is 40.9 Å². The standard InChI is InChI=1S/C36H48F4N2O3S/c37-31-17-11-15-29(25-31)35(41-22-9-10-23-41)20-6-1-3-13-28(14-4-2-7-21-35)34(43)27-32-18-5-8-24-42(32)46(44,45)33-19-12-16-30(26-33)36(38,39)40/h11-12,15-17,19,25-26,28,32H,1-10,13-14,18,20-24,27H2. The summed E-state index contributed by atoms with van der Waals surface area (Å²) in [6, 6.07) is 10.5. The van der Waals surface area contributed by atoms with E-state index in [2.05, 4.69) is 11.0 Å². The van der Waals surface area contributed by atoms with Crippen molar-refractivity contribution in [2.45, 2.75) is 125 Å². The lowest BCUT2D eigenvalue weighted by atomic mass is 9.77. The van der Waals surface area contributed by atoms with Crippen LogP contribution < -0.4 is 0 Å². The van der Waals surface area contributed by atoms with Crippen molar-refractivity contribution in [1.82, 2.24) is 9.21 Å². The SMILES string of the molecule is O=C(CC1CCCCN1S(=O)(=O)c1cccc(C(F)(F)F)c1)C1CCCCCC(c2cccc(F)c2)(N2CCCC2)CCCCC1. The first-order valence-corrected chi connectivity index (χ1v) is 18.7. The highest BCUT2D eigenvalue weighted by molar-refractivity contribution is 7.89. The number of piperidine rings is 1. The van der Waals surface area contributed by atoms with Gasteiger partial charge in [0.2, 0.25) is 10.0 Å². The monoisotopic (exact) mass is 664 g/mol. The lowest BCUT2D eigenvalue weighted by Gasteiger charge is -2.43. The number of sulfonamides is 1. The molecule has 1 aliphatic carbocycles. The molecule has 0 N–H and O–H groups in total. The molecule has 0 aromatic heterocycles. The Morgan fingerprint density at radius 1 is 0.783 bits per heavy atom. The maximum Gasteiger partial charge on any atom is 0.416 e. The number of rotatable bonds is 7. The van der Waals surface area contributed by atoms with Crippen molar-refractivity contribution < 1.29 is 30.8 Å². The molecule has 2 heterocycles. The Kier molecular flexibility index (Phi) is 11.6. The van der Waals surface area contributed by atoms with Gasteiger partial charge in [0.25, 0.3) is 0 Å². The summed E-state index contributed by atoms with van der Waals surface area (Å²) in [4.78, 5) is 16.0. The summed E-state index contributed by atoms with van der Waals surface area (Å²) >= 11 is 0. The van der Waals surface area contributed by atoms with E-state index in [0.29, 0.717) is 18.9 Å². The molecule has 2 aliphatic heterocycles. The van der Waals surface area contributed by atoms with Gasteiger partial charge in [0.1, 0.15) is 11.6 Å². The van der Waals surface area contributed by atoms with E-state index in [0.717, 1.165) is 101 Å². The summed E-state index contributed by atoms with van der Waals surface area (Å²) in [6.07, 6.45) is 8.81. The Labute approximate surface area is 271 Å². The fraction of sp³-hybridized carbons (Fsp3) is 0.639. The van der Waals surface area contributed by atoms with E-state index in [1.54, 1.807) is 6.07 Å². The summed E-state index contributed by atoms with van der Waals surface area (Å²) in [5, 5.41) is 0. The first-order chi connectivity index (χ1) is 22.0. The minimum Gasteiger partial charge on any atom is -0.299 e. The zero-order valence-corrected chi connectivity index (χ0v) is 27.6. The molecule has 2 saturated heterocycles. The highest BCUT2D eigenvalue weighted by atomic mass is 32.2. The molecular weight excluding hydrogens is 616 g/mol. The van der Waals surface area contributed by atoms with Gasteiger partial charge in [-0.15, -0.1) is 0 Å². The van der Waals surface area contributed by atoms with E-state index in [9.17, 15) is 30.8 Å². The van der Waals surface area contributed by atoms with E-state index in [1.807, 2.05) is 6.07 Å². The van der Waals surface area contributed by atoms with Crippen molar-refractivity contribution in [2.24, 2.45) is 5.92 Å². The van der Waals surface area contributed by atoms with Crippen molar-refractivity contribution in [3.63, 3.8) is 0 Å². The molecular formula is C36H48F4N2O3S. The van der Waals surface area contributed by atoms with E-state index in [1.165, 1.54) is 29.3 Å². The number of likely N-dealkylation sites (tertiary alicyclic amines) is 1. The average molecular weight is 665 g/mol. The van der Waals surface area contributed by atoms with E-state index >= 15 is 0 Å². The van der Waals surface area contributed by atoms with Crippen molar-refractivity contribution in [2.75, 3.05) is 19.6 Å². The third-order valence-corrected chi connectivity index (χ3v) is 12.5. The fourth-order valence-corrected chi connectivity index (χ4v) is 9.87. The van der Waals surface area contributed by atoms with Gasteiger partial charge in [-0.1, -0.05) is 63.1 Å². The van der Waals surface area contributed by atoms with Crippen molar-refractivity contribution >= 4 is 15.8 Å². The summed E-state index contributed by atoms with van der Waals surface area (Å²) in [7, 11) is -4.19.